The first-order chi connectivity index (χ1) is 15.0. The topological polar surface area (TPSA) is 72.8 Å². The second-order valence-electron chi connectivity index (χ2n) is 12.6. The minimum absolute atomic E-state index is 0.0107. The van der Waals surface area contributed by atoms with Gasteiger partial charge in [-0.1, -0.05) is 18.9 Å². The molecule has 0 amide bonds. The molecule has 7 rings (SSSR count). The Morgan fingerprint density at radius 2 is 1.88 bits per heavy atom. The SMILES string of the molecule is COC(=O)[C@]1(C)CCC[C@]2(C)[C@H]3C[C@H]4C(=C(C)C)C5O[C@]6(O)CCC(=O)[C@H]4[C@@H]6[C@@]53CC[C@H]21. The molecule has 0 aromatic carbocycles. The van der Waals surface area contributed by atoms with Gasteiger partial charge < -0.3 is 14.6 Å². The normalized spacial score (nSPS) is 55.3. The summed E-state index contributed by atoms with van der Waals surface area (Å²) in [4.78, 5) is 26.3. The van der Waals surface area contributed by atoms with Crippen LogP contribution in [-0.4, -0.2) is 35.9 Å². The van der Waals surface area contributed by atoms with E-state index < -0.39 is 11.2 Å². The number of methoxy groups -OCH3 is 1. The molecule has 5 nitrogen and oxygen atoms in total. The number of esters is 1. The van der Waals surface area contributed by atoms with Crippen LogP contribution in [0.25, 0.3) is 0 Å². The zero-order valence-corrected chi connectivity index (χ0v) is 20.2. The number of ketones is 1. The van der Waals surface area contributed by atoms with Crippen molar-refractivity contribution in [1.29, 1.82) is 0 Å². The van der Waals surface area contributed by atoms with Crippen LogP contribution in [0.1, 0.15) is 79.1 Å². The summed E-state index contributed by atoms with van der Waals surface area (Å²) in [5.74, 6) is -0.322. The third-order valence-corrected chi connectivity index (χ3v) is 11.5. The molecular formula is C27H38O5. The molecule has 32 heavy (non-hydrogen) atoms. The Labute approximate surface area is 191 Å². The van der Waals surface area contributed by atoms with Crippen LogP contribution in [0, 0.1) is 45.8 Å². The van der Waals surface area contributed by atoms with E-state index >= 15 is 0 Å². The molecule has 1 aliphatic heterocycles. The zero-order chi connectivity index (χ0) is 22.8. The van der Waals surface area contributed by atoms with Crippen molar-refractivity contribution in [3.63, 3.8) is 0 Å². The minimum Gasteiger partial charge on any atom is -0.469 e. The van der Waals surface area contributed by atoms with Crippen LogP contribution in [0.2, 0.25) is 0 Å². The van der Waals surface area contributed by atoms with Crippen LogP contribution in [0.5, 0.6) is 0 Å². The van der Waals surface area contributed by atoms with Gasteiger partial charge in [-0.05, 0) is 81.6 Å². The van der Waals surface area contributed by atoms with Gasteiger partial charge in [0.15, 0.2) is 5.79 Å². The highest BCUT2D eigenvalue weighted by Crippen LogP contribution is 2.80. The van der Waals surface area contributed by atoms with Gasteiger partial charge in [-0.25, -0.2) is 0 Å². The number of carbonyl (C=O) groups is 2. The number of allylic oxidation sites excluding steroid dienone is 1. The Hall–Kier alpha value is -1.20. The Bertz CT molecular complexity index is 934. The first-order valence-electron chi connectivity index (χ1n) is 12.7. The Morgan fingerprint density at radius 3 is 2.56 bits per heavy atom. The van der Waals surface area contributed by atoms with E-state index in [0.29, 0.717) is 24.5 Å². The van der Waals surface area contributed by atoms with Gasteiger partial charge in [0.05, 0.1) is 18.6 Å². The summed E-state index contributed by atoms with van der Waals surface area (Å²) in [5.41, 5.74) is 1.90. The van der Waals surface area contributed by atoms with Crippen LogP contribution in [0.15, 0.2) is 11.1 Å². The molecule has 7 aliphatic rings. The number of Topliss-reactive ketones (excluding diaryl/α,β-unsaturated/α-hetero) is 1. The van der Waals surface area contributed by atoms with Crippen LogP contribution in [-0.2, 0) is 19.1 Å². The maximum atomic E-state index is 13.3. The average molecular weight is 443 g/mol. The number of fused-ring (bicyclic) bond motifs is 1. The van der Waals surface area contributed by atoms with Gasteiger partial charge in [-0.3, -0.25) is 9.59 Å². The van der Waals surface area contributed by atoms with Crippen LogP contribution < -0.4 is 0 Å². The summed E-state index contributed by atoms with van der Waals surface area (Å²) in [6, 6.07) is 0. The number of hydrogen-bond acceptors (Lipinski definition) is 5. The highest BCUT2D eigenvalue weighted by Gasteiger charge is 2.81. The summed E-state index contributed by atoms with van der Waals surface area (Å²) in [7, 11) is 1.52. The molecule has 5 heteroatoms. The van der Waals surface area contributed by atoms with Crippen molar-refractivity contribution in [2.45, 2.75) is 91.0 Å². The van der Waals surface area contributed by atoms with Crippen LogP contribution >= 0.6 is 0 Å². The molecule has 4 bridgehead atoms. The van der Waals surface area contributed by atoms with Crippen LogP contribution in [0.4, 0.5) is 0 Å². The lowest BCUT2D eigenvalue weighted by molar-refractivity contribution is -0.239. The van der Waals surface area contributed by atoms with Crippen molar-refractivity contribution in [2.75, 3.05) is 7.11 Å². The summed E-state index contributed by atoms with van der Waals surface area (Å²) in [6.07, 6.45) is 6.64. The summed E-state index contributed by atoms with van der Waals surface area (Å²) in [6.45, 7) is 8.84. The fourth-order valence-corrected chi connectivity index (χ4v) is 10.6. The van der Waals surface area contributed by atoms with E-state index in [9.17, 15) is 14.7 Å². The quantitative estimate of drug-likeness (QED) is 0.481. The Kier molecular flexibility index (Phi) is 4.18. The van der Waals surface area contributed by atoms with E-state index in [1.807, 2.05) is 0 Å². The molecule has 0 radical (unpaired) electrons. The van der Waals surface area contributed by atoms with Gasteiger partial charge in [0, 0.05) is 30.1 Å². The monoisotopic (exact) mass is 442 g/mol. The smallest absolute Gasteiger partial charge is 0.311 e. The van der Waals surface area contributed by atoms with Crippen molar-refractivity contribution in [1.82, 2.24) is 0 Å². The molecule has 1 heterocycles. The van der Waals surface area contributed by atoms with E-state index in [1.54, 1.807) is 0 Å². The fraction of sp³-hybridized carbons (Fsp3) is 0.852. The van der Waals surface area contributed by atoms with Crippen molar-refractivity contribution in [3.05, 3.63) is 11.1 Å². The Balaban J connectivity index is 1.53. The van der Waals surface area contributed by atoms with Crippen molar-refractivity contribution in [3.8, 4) is 0 Å². The van der Waals surface area contributed by atoms with Gasteiger partial charge in [-0.15, -0.1) is 0 Å². The average Bonchev–Trinajstić information content (AvgIpc) is 2.97. The third kappa shape index (κ3) is 2.15. The molecule has 1 N–H and O–H groups in total. The summed E-state index contributed by atoms with van der Waals surface area (Å²) >= 11 is 0. The summed E-state index contributed by atoms with van der Waals surface area (Å²) < 4.78 is 12.0. The highest BCUT2D eigenvalue weighted by atomic mass is 16.6. The molecule has 1 spiro atoms. The van der Waals surface area contributed by atoms with Gasteiger partial charge in [0.25, 0.3) is 0 Å². The predicted octanol–water partition coefficient (Wildman–Crippen LogP) is 4.42. The van der Waals surface area contributed by atoms with Gasteiger partial charge in [0.2, 0.25) is 0 Å². The maximum absolute atomic E-state index is 13.3. The van der Waals surface area contributed by atoms with E-state index in [-0.39, 0.29) is 46.6 Å². The van der Waals surface area contributed by atoms with Gasteiger partial charge in [0.1, 0.15) is 5.78 Å². The molecule has 1 saturated heterocycles. The number of rotatable bonds is 1. The molecule has 6 aliphatic carbocycles. The van der Waals surface area contributed by atoms with E-state index in [4.69, 9.17) is 9.47 Å². The van der Waals surface area contributed by atoms with E-state index in [0.717, 1.165) is 38.5 Å². The van der Waals surface area contributed by atoms with Crippen molar-refractivity contribution < 1.29 is 24.2 Å². The zero-order valence-electron chi connectivity index (χ0n) is 20.2. The van der Waals surface area contributed by atoms with Gasteiger partial charge in [-0.2, -0.15) is 0 Å². The number of carbonyl (C=O) groups excluding carboxylic acids is 2. The van der Waals surface area contributed by atoms with Crippen LogP contribution in [0.3, 0.4) is 0 Å². The predicted molar refractivity (Wildman–Crippen MR) is 118 cm³/mol. The molecule has 10 atom stereocenters. The second-order valence-corrected chi connectivity index (χ2v) is 12.6. The number of aliphatic hydroxyl groups is 1. The van der Waals surface area contributed by atoms with Crippen molar-refractivity contribution >= 4 is 11.8 Å². The lowest BCUT2D eigenvalue weighted by atomic mass is 9.32. The molecule has 6 saturated carbocycles. The molecular weight excluding hydrogens is 404 g/mol. The number of hydrogen-bond donors (Lipinski definition) is 1. The lowest BCUT2D eigenvalue weighted by Crippen LogP contribution is -2.70. The molecule has 1 unspecified atom stereocenters. The lowest BCUT2D eigenvalue weighted by Gasteiger charge is -2.71. The fourth-order valence-electron chi connectivity index (χ4n) is 10.6. The number of ether oxygens (including phenoxy) is 2. The first-order valence-corrected chi connectivity index (χ1v) is 12.7. The second kappa shape index (κ2) is 6.27. The maximum Gasteiger partial charge on any atom is 0.311 e. The van der Waals surface area contributed by atoms with E-state index in [1.165, 1.54) is 18.3 Å². The van der Waals surface area contributed by atoms with Crippen molar-refractivity contribution in [2.24, 2.45) is 45.8 Å². The standard InChI is InChI=1S/C27H38O5/c1-14(2)19-15-13-18-24(3)9-6-10-25(4,23(29)31-5)17(24)8-11-26(18)21-20(15)16(28)7-12-27(21,30)32-22(19)26/h15,17-18,20-22,30H,6-13H2,1-5H3/t15-,17+,18+,20-,21+,22?,24-,25+,26-,27+/m0/s1. The first kappa shape index (κ1) is 21.3. The molecule has 0 aromatic rings. The Morgan fingerprint density at radius 1 is 1.12 bits per heavy atom. The molecule has 7 fully saturated rings. The molecule has 176 valence electrons. The minimum atomic E-state index is -1.18. The third-order valence-electron chi connectivity index (χ3n) is 11.5. The molecule has 0 aromatic heterocycles. The van der Waals surface area contributed by atoms with E-state index in [2.05, 4.69) is 27.7 Å². The largest absolute Gasteiger partial charge is 0.469 e. The highest BCUT2D eigenvalue weighted by molar-refractivity contribution is 5.84. The summed E-state index contributed by atoms with van der Waals surface area (Å²) in [5, 5.41) is 11.8. The van der Waals surface area contributed by atoms with Gasteiger partial charge >= 0.3 is 5.97 Å².